The molecule has 1 aromatic carbocycles. The van der Waals surface area contributed by atoms with Crippen molar-refractivity contribution in [3.63, 3.8) is 0 Å². The number of esters is 1. The van der Waals surface area contributed by atoms with E-state index >= 15 is 0 Å². The largest absolute Gasteiger partial charge is 0.482 e. The van der Waals surface area contributed by atoms with Crippen LogP contribution in [0.3, 0.4) is 0 Å². The molecule has 3 atom stereocenters. The third-order valence-corrected chi connectivity index (χ3v) is 8.38. The molecule has 2 bridgehead atoms. The molecule has 0 radical (unpaired) electrons. The highest BCUT2D eigenvalue weighted by molar-refractivity contribution is 5.71. The molecule has 4 fully saturated rings. The SMILES string of the molecule is CCOC(=O)COc1ccc([C@H]2CC[C@]3(CC2)OO[C@@](C)(C2CC4CCCC(C4)C2)O3)cc1. The Kier molecular flexibility index (Phi) is 6.69. The molecule has 1 aliphatic heterocycles. The molecule has 1 saturated heterocycles. The Hall–Kier alpha value is -1.63. The maximum atomic E-state index is 11.5. The van der Waals surface area contributed by atoms with Crippen LogP contribution >= 0.6 is 0 Å². The summed E-state index contributed by atoms with van der Waals surface area (Å²) < 4.78 is 17.1. The standard InChI is InChI=1S/C27H38O6/c1-3-29-25(28)18-30-24-9-7-21(8-10-24)22-11-13-27(14-12-22)31-26(2,32-33-27)23-16-19-5-4-6-20(15-19)17-23/h7-10,19-20,22-23H,3-6,11-18H2,1-2H3/t19?,20?,22-,23?,26-,27+/m0/s1. The first kappa shape index (κ1) is 23.1. The van der Waals surface area contributed by atoms with Gasteiger partial charge in [0.05, 0.1) is 6.61 Å². The van der Waals surface area contributed by atoms with Crippen molar-refractivity contribution in [1.29, 1.82) is 0 Å². The number of fused-ring (bicyclic) bond motifs is 2. The topological polar surface area (TPSA) is 63.2 Å². The van der Waals surface area contributed by atoms with Crippen molar-refractivity contribution >= 4 is 5.97 Å². The van der Waals surface area contributed by atoms with E-state index in [1.807, 2.05) is 12.1 Å². The van der Waals surface area contributed by atoms with Crippen molar-refractivity contribution in [2.45, 2.75) is 95.5 Å². The number of carbonyl (C=O) groups excluding carboxylic acids is 1. The first-order valence-corrected chi connectivity index (χ1v) is 12.9. The summed E-state index contributed by atoms with van der Waals surface area (Å²) in [6, 6.07) is 8.06. The van der Waals surface area contributed by atoms with Gasteiger partial charge < -0.3 is 14.2 Å². The summed E-state index contributed by atoms with van der Waals surface area (Å²) in [7, 11) is 0. The summed E-state index contributed by atoms with van der Waals surface area (Å²) in [6.45, 7) is 4.20. The predicted molar refractivity (Wildman–Crippen MR) is 122 cm³/mol. The first-order valence-electron chi connectivity index (χ1n) is 12.9. The van der Waals surface area contributed by atoms with Crippen molar-refractivity contribution in [2.75, 3.05) is 13.2 Å². The second-order valence-electron chi connectivity index (χ2n) is 10.7. The van der Waals surface area contributed by atoms with E-state index in [0.29, 0.717) is 24.2 Å². The molecule has 0 N–H and O–H groups in total. The lowest BCUT2D eigenvalue weighted by Gasteiger charge is -2.44. The summed E-state index contributed by atoms with van der Waals surface area (Å²) in [5, 5.41) is 0. The van der Waals surface area contributed by atoms with Crippen LogP contribution in [0, 0.1) is 17.8 Å². The van der Waals surface area contributed by atoms with Gasteiger partial charge in [-0.1, -0.05) is 31.4 Å². The van der Waals surface area contributed by atoms with E-state index in [-0.39, 0.29) is 12.6 Å². The molecule has 6 nitrogen and oxygen atoms in total. The van der Waals surface area contributed by atoms with Crippen molar-refractivity contribution < 1.29 is 28.8 Å². The highest BCUT2D eigenvalue weighted by Crippen LogP contribution is 2.53. The van der Waals surface area contributed by atoms with E-state index in [9.17, 15) is 4.79 Å². The lowest BCUT2D eigenvalue weighted by molar-refractivity contribution is -0.361. The van der Waals surface area contributed by atoms with Crippen LogP contribution in [-0.4, -0.2) is 30.8 Å². The summed E-state index contributed by atoms with van der Waals surface area (Å²) in [4.78, 5) is 23.4. The Balaban J connectivity index is 1.14. The van der Waals surface area contributed by atoms with Gasteiger partial charge in [-0.25, -0.2) is 4.79 Å². The van der Waals surface area contributed by atoms with Crippen LogP contribution in [0.5, 0.6) is 5.75 Å². The van der Waals surface area contributed by atoms with Gasteiger partial charge in [0.15, 0.2) is 6.61 Å². The van der Waals surface area contributed by atoms with Gasteiger partial charge in [-0.3, -0.25) is 0 Å². The molecule has 2 unspecified atom stereocenters. The number of rotatable bonds is 6. The van der Waals surface area contributed by atoms with E-state index < -0.39 is 11.6 Å². The Morgan fingerprint density at radius 1 is 1.00 bits per heavy atom. The fourth-order valence-electron chi connectivity index (χ4n) is 6.63. The molecule has 1 aromatic rings. The Morgan fingerprint density at radius 3 is 2.36 bits per heavy atom. The van der Waals surface area contributed by atoms with Crippen LogP contribution in [0.15, 0.2) is 24.3 Å². The number of hydrogen-bond acceptors (Lipinski definition) is 6. The van der Waals surface area contributed by atoms with Gasteiger partial charge in [0.1, 0.15) is 5.75 Å². The second-order valence-corrected chi connectivity index (χ2v) is 10.7. The minimum Gasteiger partial charge on any atom is -0.482 e. The molecule has 33 heavy (non-hydrogen) atoms. The zero-order valence-electron chi connectivity index (χ0n) is 20.1. The summed E-state index contributed by atoms with van der Waals surface area (Å²) in [5.41, 5.74) is 1.29. The average Bonchev–Trinajstić information content (AvgIpc) is 3.16. The lowest BCUT2D eigenvalue weighted by Crippen LogP contribution is -2.45. The van der Waals surface area contributed by atoms with Crippen LogP contribution < -0.4 is 4.74 Å². The molecule has 0 amide bonds. The fourth-order valence-corrected chi connectivity index (χ4v) is 6.63. The summed E-state index contributed by atoms with van der Waals surface area (Å²) in [5.74, 6) is 1.69. The Labute approximate surface area is 197 Å². The van der Waals surface area contributed by atoms with Gasteiger partial charge in [-0.05, 0) is 81.4 Å². The van der Waals surface area contributed by atoms with Gasteiger partial charge in [0.2, 0.25) is 11.6 Å². The third-order valence-electron chi connectivity index (χ3n) is 8.38. The monoisotopic (exact) mass is 458 g/mol. The van der Waals surface area contributed by atoms with Crippen LogP contribution in [0.4, 0.5) is 0 Å². The van der Waals surface area contributed by atoms with E-state index in [1.165, 1.54) is 44.1 Å². The Morgan fingerprint density at radius 2 is 1.70 bits per heavy atom. The van der Waals surface area contributed by atoms with Gasteiger partial charge in [-0.15, -0.1) is 0 Å². The van der Waals surface area contributed by atoms with Crippen molar-refractivity contribution in [2.24, 2.45) is 17.8 Å². The quantitative estimate of drug-likeness (QED) is 0.391. The molecule has 0 aromatic heterocycles. The number of hydrogen-bond donors (Lipinski definition) is 0. The normalized spacial score (nSPS) is 38.2. The summed E-state index contributed by atoms with van der Waals surface area (Å²) >= 11 is 0. The molecule has 1 heterocycles. The number of ether oxygens (including phenoxy) is 3. The van der Waals surface area contributed by atoms with Crippen molar-refractivity contribution in [1.82, 2.24) is 0 Å². The highest BCUT2D eigenvalue weighted by Gasteiger charge is 2.56. The van der Waals surface area contributed by atoms with Gasteiger partial charge in [-0.2, -0.15) is 9.78 Å². The van der Waals surface area contributed by atoms with Gasteiger partial charge in [0, 0.05) is 18.8 Å². The fraction of sp³-hybridized carbons (Fsp3) is 0.741. The molecular formula is C27H38O6. The van der Waals surface area contributed by atoms with Crippen LogP contribution in [0.2, 0.25) is 0 Å². The van der Waals surface area contributed by atoms with Crippen LogP contribution in [0.1, 0.15) is 89.5 Å². The molecule has 6 heteroatoms. The second kappa shape index (κ2) is 9.55. The molecule has 1 spiro atoms. The van der Waals surface area contributed by atoms with Gasteiger partial charge in [0.25, 0.3) is 0 Å². The van der Waals surface area contributed by atoms with Crippen LogP contribution in [0.25, 0.3) is 0 Å². The zero-order valence-corrected chi connectivity index (χ0v) is 20.1. The zero-order chi connectivity index (χ0) is 22.9. The van der Waals surface area contributed by atoms with E-state index in [2.05, 4.69) is 19.1 Å². The van der Waals surface area contributed by atoms with E-state index in [0.717, 1.165) is 37.5 Å². The molecule has 182 valence electrons. The molecular weight excluding hydrogens is 420 g/mol. The number of benzene rings is 1. The van der Waals surface area contributed by atoms with E-state index in [4.69, 9.17) is 24.0 Å². The van der Waals surface area contributed by atoms with Crippen LogP contribution in [-0.2, 0) is 24.0 Å². The number of carbonyl (C=O) groups is 1. The maximum Gasteiger partial charge on any atom is 0.344 e. The molecule has 3 saturated carbocycles. The smallest absolute Gasteiger partial charge is 0.344 e. The molecule has 5 rings (SSSR count). The Bertz CT molecular complexity index is 802. The van der Waals surface area contributed by atoms with Gasteiger partial charge >= 0.3 is 5.97 Å². The van der Waals surface area contributed by atoms with E-state index in [1.54, 1.807) is 6.92 Å². The highest BCUT2D eigenvalue weighted by atomic mass is 17.3. The lowest BCUT2D eigenvalue weighted by atomic mass is 9.66. The molecule has 3 aliphatic carbocycles. The molecule has 4 aliphatic rings. The minimum atomic E-state index is -0.612. The van der Waals surface area contributed by atoms with Crippen molar-refractivity contribution in [3.8, 4) is 5.75 Å². The minimum absolute atomic E-state index is 0.0604. The first-order chi connectivity index (χ1) is 16.0. The maximum absolute atomic E-state index is 11.5. The summed E-state index contributed by atoms with van der Waals surface area (Å²) in [6.07, 6.45) is 11.6. The third kappa shape index (κ3) is 5.08. The average molecular weight is 459 g/mol. The predicted octanol–water partition coefficient (Wildman–Crippen LogP) is 5.89. The van der Waals surface area contributed by atoms with Crippen molar-refractivity contribution in [3.05, 3.63) is 29.8 Å².